The smallest absolute Gasteiger partial charge is 0.317 e. The predicted molar refractivity (Wildman–Crippen MR) is 94.2 cm³/mol. The Kier molecular flexibility index (Phi) is 5.68. The number of aromatic nitrogens is 2. The van der Waals surface area contributed by atoms with Crippen LogP contribution in [0.3, 0.4) is 0 Å². The Morgan fingerprint density at radius 3 is 2.39 bits per heavy atom. The summed E-state index contributed by atoms with van der Waals surface area (Å²) in [6.45, 7) is 0. The first-order valence-corrected chi connectivity index (χ1v) is 8.63. The number of hydrogen-bond acceptors (Lipinski definition) is 5. The van der Waals surface area contributed by atoms with Crippen molar-refractivity contribution >= 4 is 29.4 Å². The van der Waals surface area contributed by atoms with Crippen LogP contribution < -0.4 is 16.2 Å². The van der Waals surface area contributed by atoms with Crippen LogP contribution in [0.2, 0.25) is 5.02 Å². The van der Waals surface area contributed by atoms with Crippen LogP contribution in [0.1, 0.15) is 35.2 Å². The molecule has 148 valence electrons. The normalized spacial score (nSPS) is 14.9. The fourth-order valence-electron chi connectivity index (χ4n) is 2.83. The summed E-state index contributed by atoms with van der Waals surface area (Å²) in [5, 5.41) is 3.10. The molecule has 1 aromatic carbocycles. The maximum absolute atomic E-state index is 14.4. The van der Waals surface area contributed by atoms with Gasteiger partial charge >= 0.3 is 12.3 Å². The molecule has 1 saturated carbocycles. The summed E-state index contributed by atoms with van der Waals surface area (Å²) in [6, 6.07) is 4.76. The monoisotopic (exact) mass is 413 g/mol. The van der Waals surface area contributed by atoms with E-state index in [9.17, 15) is 22.8 Å². The van der Waals surface area contributed by atoms with Gasteiger partial charge in [-0.2, -0.15) is 8.78 Å². The summed E-state index contributed by atoms with van der Waals surface area (Å²) in [5.41, 5.74) is 3.04. The Morgan fingerprint density at radius 2 is 1.82 bits per heavy atom. The van der Waals surface area contributed by atoms with Gasteiger partial charge in [0.25, 0.3) is 5.91 Å². The van der Waals surface area contributed by atoms with E-state index in [1.54, 1.807) is 17.6 Å². The zero-order valence-electron chi connectivity index (χ0n) is 14.3. The molecule has 1 heterocycles. The Bertz CT molecular complexity index is 891. The molecular weight excluding hydrogens is 399 g/mol. The third-order valence-electron chi connectivity index (χ3n) is 4.44. The van der Waals surface area contributed by atoms with Crippen molar-refractivity contribution < 1.29 is 22.8 Å². The molecule has 3 N–H and O–H groups in total. The van der Waals surface area contributed by atoms with Crippen LogP contribution >= 0.6 is 11.6 Å². The van der Waals surface area contributed by atoms with E-state index >= 15 is 0 Å². The van der Waals surface area contributed by atoms with Gasteiger partial charge in [-0.05, 0) is 25.3 Å². The highest BCUT2D eigenvalue weighted by Crippen LogP contribution is 2.45. The number of nitrogens with zero attached hydrogens (tertiary/aromatic N) is 2. The first kappa shape index (κ1) is 19.9. The molecule has 0 atom stereocenters. The third-order valence-corrected chi connectivity index (χ3v) is 4.73. The minimum Gasteiger partial charge on any atom is -0.345 e. The zero-order chi connectivity index (χ0) is 20.3. The van der Waals surface area contributed by atoms with Gasteiger partial charge in [-0.15, -0.1) is 0 Å². The van der Waals surface area contributed by atoms with Crippen LogP contribution in [0.5, 0.6) is 0 Å². The molecule has 0 unspecified atom stereocenters. The van der Waals surface area contributed by atoms with Gasteiger partial charge in [0, 0.05) is 18.0 Å². The molecular formula is C17H15ClF3N5O2. The predicted octanol–water partition coefficient (Wildman–Crippen LogP) is 2.79. The molecule has 1 aliphatic carbocycles. The number of carbonyl (C=O) groups excluding carboxylic acids is 2. The molecule has 2 amide bonds. The highest BCUT2D eigenvalue weighted by molar-refractivity contribution is 6.30. The van der Waals surface area contributed by atoms with Crippen molar-refractivity contribution in [3.8, 4) is 0 Å². The maximum atomic E-state index is 14.4. The quantitative estimate of drug-likeness (QED) is 0.655. The molecule has 0 saturated heterocycles. The molecule has 11 heteroatoms. The van der Waals surface area contributed by atoms with Gasteiger partial charge in [0.2, 0.25) is 5.95 Å². The van der Waals surface area contributed by atoms with E-state index in [4.69, 9.17) is 11.6 Å². The van der Waals surface area contributed by atoms with Crippen molar-refractivity contribution in [2.45, 2.75) is 31.2 Å². The second-order valence-corrected chi connectivity index (χ2v) is 6.61. The minimum absolute atomic E-state index is 0.0179. The lowest BCUT2D eigenvalue weighted by Gasteiger charge is -2.43. The van der Waals surface area contributed by atoms with Crippen LogP contribution in [-0.4, -0.2) is 28.2 Å². The minimum atomic E-state index is -3.26. The van der Waals surface area contributed by atoms with Crippen molar-refractivity contribution in [3.05, 3.63) is 52.6 Å². The zero-order valence-corrected chi connectivity index (χ0v) is 15.1. The van der Waals surface area contributed by atoms with Gasteiger partial charge in [-0.3, -0.25) is 20.4 Å². The molecule has 7 nitrogen and oxygen atoms in total. The van der Waals surface area contributed by atoms with E-state index in [0.29, 0.717) is 18.4 Å². The second-order valence-electron chi connectivity index (χ2n) is 6.20. The Balaban J connectivity index is 1.70. The van der Waals surface area contributed by atoms with E-state index in [0.717, 1.165) is 18.8 Å². The van der Waals surface area contributed by atoms with Crippen LogP contribution in [-0.2, 0) is 10.3 Å². The molecule has 0 spiro atoms. The van der Waals surface area contributed by atoms with E-state index in [1.165, 1.54) is 6.07 Å². The van der Waals surface area contributed by atoms with E-state index in [-0.39, 0.29) is 16.5 Å². The molecule has 0 aliphatic heterocycles. The average Bonchev–Trinajstić information content (AvgIpc) is 2.65. The highest BCUT2D eigenvalue weighted by atomic mass is 35.5. The number of hydrazine groups is 1. The van der Waals surface area contributed by atoms with Gasteiger partial charge < -0.3 is 5.32 Å². The highest BCUT2D eigenvalue weighted by Gasteiger charge is 2.41. The van der Waals surface area contributed by atoms with Crippen molar-refractivity contribution in [1.29, 1.82) is 0 Å². The number of nitrogens with one attached hydrogen (secondary N) is 3. The van der Waals surface area contributed by atoms with Gasteiger partial charge in [0.15, 0.2) is 0 Å². The van der Waals surface area contributed by atoms with Crippen molar-refractivity contribution in [2.75, 3.05) is 5.32 Å². The molecule has 1 aromatic heterocycles. The maximum Gasteiger partial charge on any atom is 0.317 e. The van der Waals surface area contributed by atoms with Crippen LogP contribution in [0.25, 0.3) is 0 Å². The molecule has 1 aliphatic rings. The lowest BCUT2D eigenvalue weighted by molar-refractivity contribution is -0.132. The van der Waals surface area contributed by atoms with Gasteiger partial charge in [-0.1, -0.05) is 23.7 Å². The van der Waals surface area contributed by atoms with Crippen molar-refractivity contribution in [1.82, 2.24) is 20.8 Å². The largest absolute Gasteiger partial charge is 0.345 e. The van der Waals surface area contributed by atoms with Gasteiger partial charge in [0.1, 0.15) is 5.82 Å². The number of rotatable bonds is 5. The number of alkyl halides is 2. The molecule has 2 aromatic rings. The SMILES string of the molecule is O=C(NNC(=O)C(F)F)c1cnc(NC2(c3cccc(Cl)c3F)CCC2)nc1. The molecule has 3 rings (SSSR count). The summed E-state index contributed by atoms with van der Waals surface area (Å²) in [4.78, 5) is 30.6. The number of benzene rings is 1. The second kappa shape index (κ2) is 8.01. The lowest BCUT2D eigenvalue weighted by atomic mass is 9.71. The summed E-state index contributed by atoms with van der Waals surface area (Å²) < 4.78 is 38.6. The van der Waals surface area contributed by atoms with Gasteiger partial charge in [0.05, 0.1) is 16.1 Å². The average molecular weight is 414 g/mol. The summed E-state index contributed by atoms with van der Waals surface area (Å²) in [7, 11) is 0. The summed E-state index contributed by atoms with van der Waals surface area (Å²) in [6.07, 6.45) is 1.22. The van der Waals surface area contributed by atoms with Crippen molar-refractivity contribution in [2.24, 2.45) is 0 Å². The fraction of sp³-hybridized carbons (Fsp3) is 0.294. The summed E-state index contributed by atoms with van der Waals surface area (Å²) >= 11 is 5.88. The Morgan fingerprint density at radius 1 is 1.14 bits per heavy atom. The van der Waals surface area contributed by atoms with Gasteiger partial charge in [-0.25, -0.2) is 14.4 Å². The molecule has 0 radical (unpaired) electrons. The topological polar surface area (TPSA) is 96.0 Å². The Hall–Kier alpha value is -2.88. The number of anilines is 1. The van der Waals surface area contributed by atoms with E-state index in [1.807, 2.05) is 5.43 Å². The molecule has 0 bridgehead atoms. The van der Waals surface area contributed by atoms with Crippen LogP contribution in [0, 0.1) is 5.82 Å². The molecule has 28 heavy (non-hydrogen) atoms. The Labute approximate surface area is 162 Å². The number of hydrogen-bond donors (Lipinski definition) is 3. The number of amides is 2. The number of halogens is 4. The molecule has 1 fully saturated rings. The lowest BCUT2D eigenvalue weighted by Crippen LogP contribution is -2.44. The van der Waals surface area contributed by atoms with E-state index < -0.39 is 29.6 Å². The third kappa shape index (κ3) is 4.01. The summed E-state index contributed by atoms with van der Waals surface area (Å²) in [5.74, 6) is -2.85. The van der Waals surface area contributed by atoms with Crippen LogP contribution in [0.15, 0.2) is 30.6 Å². The van der Waals surface area contributed by atoms with E-state index in [2.05, 4.69) is 15.3 Å². The number of carbonyl (C=O) groups is 2. The van der Waals surface area contributed by atoms with Crippen molar-refractivity contribution in [3.63, 3.8) is 0 Å². The van der Waals surface area contributed by atoms with Crippen LogP contribution in [0.4, 0.5) is 19.1 Å². The standard InChI is InChI=1S/C17H15ClF3N5O2/c18-11-4-1-3-10(12(11)19)17(5-2-6-17)24-16-22-7-9(8-23-16)14(27)25-26-15(28)13(20)21/h1,3-4,7-8,13H,2,5-6H2,(H,25,27)(H,26,28)(H,22,23,24). The first-order chi connectivity index (χ1) is 13.3. The fourth-order valence-corrected chi connectivity index (χ4v) is 3.01. The first-order valence-electron chi connectivity index (χ1n) is 8.25.